The Balaban J connectivity index is 0.000000238. The maximum Gasteiger partial charge on any atom is 0.308 e. The summed E-state index contributed by atoms with van der Waals surface area (Å²) in [6.07, 6.45) is 5.73. The molecule has 0 saturated carbocycles. The van der Waals surface area contributed by atoms with Gasteiger partial charge in [0, 0.05) is 49.4 Å². The van der Waals surface area contributed by atoms with E-state index < -0.39 is 5.97 Å². The highest BCUT2D eigenvalue weighted by Gasteiger charge is 2.32. The second-order valence-corrected chi connectivity index (χ2v) is 20.1. The number of carbonyl (C=O) groups excluding carboxylic acids is 1. The number of carboxylic acids is 1. The van der Waals surface area contributed by atoms with Crippen molar-refractivity contribution in [1.29, 1.82) is 0 Å². The van der Waals surface area contributed by atoms with E-state index in [0.29, 0.717) is 73.5 Å². The molecule has 0 unspecified atom stereocenters. The molecule has 2 aromatic carbocycles. The molecule has 6 rings (SSSR count). The van der Waals surface area contributed by atoms with Crippen molar-refractivity contribution in [2.45, 2.75) is 91.9 Å². The molecule has 0 amide bonds. The molecule has 0 spiro atoms. The van der Waals surface area contributed by atoms with Crippen molar-refractivity contribution in [3.8, 4) is 32.4 Å². The third-order valence-electron chi connectivity index (χ3n) is 11.2. The van der Waals surface area contributed by atoms with Gasteiger partial charge in [-0.15, -0.1) is 22.7 Å². The highest BCUT2D eigenvalue weighted by molar-refractivity contribution is 7.80. The Labute approximate surface area is 390 Å². The second kappa shape index (κ2) is 21.2. The molecule has 0 radical (unpaired) electrons. The zero-order chi connectivity index (χ0) is 46.2. The molecule has 63 heavy (non-hydrogen) atoms. The molecule has 0 atom stereocenters. The molecule has 2 fully saturated rings. The number of aromatic hydroxyl groups is 2. The first-order chi connectivity index (χ1) is 29.8. The fourth-order valence-corrected chi connectivity index (χ4v) is 9.87. The first-order valence-corrected chi connectivity index (χ1v) is 23.7. The van der Waals surface area contributed by atoms with Gasteiger partial charge >= 0.3 is 11.9 Å². The van der Waals surface area contributed by atoms with Crippen LogP contribution in [0.1, 0.15) is 92.2 Å². The minimum absolute atomic E-state index is 0.0636. The lowest BCUT2D eigenvalue weighted by Gasteiger charge is -2.35. The summed E-state index contributed by atoms with van der Waals surface area (Å²) in [5.74, 6) is -1.06. The van der Waals surface area contributed by atoms with Crippen molar-refractivity contribution in [3.63, 3.8) is 0 Å². The Morgan fingerprint density at radius 3 is 1.33 bits per heavy atom. The summed E-state index contributed by atoms with van der Waals surface area (Å²) in [5, 5.41) is 48.0. The zero-order valence-electron chi connectivity index (χ0n) is 37.6. The molecular formula is C47H60N6O6S4. The number of benzene rings is 2. The Hall–Kier alpha value is -4.90. The predicted molar refractivity (Wildman–Crippen MR) is 267 cm³/mol. The molecule has 12 nitrogen and oxygen atoms in total. The van der Waals surface area contributed by atoms with Gasteiger partial charge in [0.05, 0.1) is 28.7 Å². The van der Waals surface area contributed by atoms with Gasteiger partial charge in [-0.1, -0.05) is 90.1 Å². The van der Waals surface area contributed by atoms with E-state index in [4.69, 9.17) is 29.2 Å². The third-order valence-corrected chi connectivity index (χ3v) is 14.1. The second-order valence-electron chi connectivity index (χ2n) is 17.6. The standard InChI is InChI=1S/C24H31N3O3S2.C23H29N3O3S2/c1-6-25-27(23(31)26-13-11-17(12-14-26)22(29)30-5)19-15-32-21(20(19)28)16-7-9-18(10-8-16)24(2,3)4;1-5-24-26(22(30)25-12-10-16(11-13-25)21(28)29)18-14-31-20(19(18)27)15-6-8-17(9-7-15)23(2,3)4/h6-10,15,17,28H,11-14H2,1-5H3;5-9,14,16,27H,10-13H2,1-4H3,(H,28,29). The number of aliphatic carboxylic acids is 1. The third kappa shape index (κ3) is 11.8. The van der Waals surface area contributed by atoms with Gasteiger partial charge < -0.3 is 29.9 Å². The van der Waals surface area contributed by atoms with Gasteiger partial charge in [0.25, 0.3) is 0 Å². The van der Waals surface area contributed by atoms with Gasteiger partial charge in [-0.3, -0.25) is 9.59 Å². The average molecular weight is 933 g/mol. The molecule has 4 heterocycles. The van der Waals surface area contributed by atoms with E-state index in [2.05, 4.69) is 76.0 Å². The average Bonchev–Trinajstić information content (AvgIpc) is 3.85. The van der Waals surface area contributed by atoms with E-state index in [0.717, 1.165) is 20.9 Å². The molecule has 4 aromatic rings. The first-order valence-electron chi connectivity index (χ1n) is 21.1. The molecule has 0 bridgehead atoms. The van der Waals surface area contributed by atoms with Crippen LogP contribution in [-0.4, -0.2) is 93.0 Å². The number of esters is 1. The van der Waals surface area contributed by atoms with E-state index in [-0.39, 0.29) is 40.1 Å². The zero-order valence-corrected chi connectivity index (χ0v) is 40.9. The van der Waals surface area contributed by atoms with E-state index in [9.17, 15) is 24.9 Å². The highest BCUT2D eigenvalue weighted by atomic mass is 32.1. The van der Waals surface area contributed by atoms with Gasteiger partial charge in [-0.05, 0) is 97.1 Å². The van der Waals surface area contributed by atoms with Gasteiger partial charge in [-0.25, -0.2) is 10.0 Å². The normalized spacial score (nSPS) is 15.3. The maximum atomic E-state index is 11.8. The van der Waals surface area contributed by atoms with Gasteiger partial charge in [0.1, 0.15) is 11.4 Å². The lowest BCUT2D eigenvalue weighted by Crippen LogP contribution is -2.45. The van der Waals surface area contributed by atoms with Crippen LogP contribution >= 0.6 is 47.1 Å². The van der Waals surface area contributed by atoms with Crippen molar-refractivity contribution >= 4 is 93.1 Å². The van der Waals surface area contributed by atoms with Crippen LogP contribution in [0.3, 0.4) is 0 Å². The maximum absolute atomic E-state index is 11.8. The Morgan fingerprint density at radius 2 is 1.03 bits per heavy atom. The van der Waals surface area contributed by atoms with E-state index in [1.165, 1.54) is 40.9 Å². The highest BCUT2D eigenvalue weighted by Crippen LogP contribution is 2.46. The fraction of sp³-hybridized carbons (Fsp3) is 0.447. The number of anilines is 2. The van der Waals surface area contributed by atoms with Crippen LogP contribution in [-0.2, 0) is 25.2 Å². The number of carbonyl (C=O) groups is 2. The van der Waals surface area contributed by atoms with Gasteiger partial charge in [0.15, 0.2) is 21.7 Å². The first kappa shape index (κ1) is 49.1. The van der Waals surface area contributed by atoms with E-state index >= 15 is 0 Å². The Morgan fingerprint density at radius 1 is 0.683 bits per heavy atom. The number of piperidine rings is 2. The molecule has 2 aromatic heterocycles. The van der Waals surface area contributed by atoms with E-state index in [1.54, 1.807) is 29.4 Å². The predicted octanol–water partition coefficient (Wildman–Crippen LogP) is 10.7. The van der Waals surface area contributed by atoms with Crippen molar-refractivity contribution in [1.82, 2.24) is 9.80 Å². The molecule has 2 aliphatic rings. The Bertz CT molecular complexity index is 2280. The van der Waals surface area contributed by atoms with Gasteiger partial charge in [0.2, 0.25) is 0 Å². The summed E-state index contributed by atoms with van der Waals surface area (Å²) in [4.78, 5) is 28.6. The number of methoxy groups -OCH3 is 1. The minimum Gasteiger partial charge on any atom is -0.504 e. The van der Waals surface area contributed by atoms with Crippen LogP contribution in [0, 0.1) is 11.8 Å². The van der Waals surface area contributed by atoms with Crippen LogP contribution in [0.2, 0.25) is 0 Å². The van der Waals surface area contributed by atoms with Crippen LogP contribution in [0.4, 0.5) is 11.4 Å². The minimum atomic E-state index is -0.758. The number of hydrazone groups is 2. The van der Waals surface area contributed by atoms with Crippen LogP contribution in [0.5, 0.6) is 11.5 Å². The number of thiocarbonyl (C=S) groups is 2. The number of ether oxygens (including phenoxy) is 1. The summed E-state index contributed by atoms with van der Waals surface area (Å²) in [7, 11) is 1.42. The number of hydrogen-bond donors (Lipinski definition) is 3. The van der Waals surface area contributed by atoms with Crippen LogP contribution in [0.25, 0.3) is 20.9 Å². The number of rotatable bonds is 8. The van der Waals surface area contributed by atoms with Gasteiger partial charge in [-0.2, -0.15) is 10.2 Å². The molecular weight excluding hydrogens is 873 g/mol. The molecule has 2 aliphatic heterocycles. The van der Waals surface area contributed by atoms with Crippen molar-refractivity contribution in [2.24, 2.45) is 22.0 Å². The molecule has 16 heteroatoms. The molecule has 0 aliphatic carbocycles. The quantitative estimate of drug-likeness (QED) is 0.0670. The molecule has 338 valence electrons. The van der Waals surface area contributed by atoms with Crippen LogP contribution in [0.15, 0.2) is 69.5 Å². The number of carboxylic acid groups (broad SMARTS) is 1. The van der Waals surface area contributed by atoms with Crippen LogP contribution < -0.4 is 10.0 Å². The van der Waals surface area contributed by atoms with Crippen molar-refractivity contribution < 1.29 is 29.6 Å². The fourth-order valence-electron chi connectivity index (χ4n) is 7.36. The van der Waals surface area contributed by atoms with Crippen molar-refractivity contribution in [2.75, 3.05) is 43.3 Å². The lowest BCUT2D eigenvalue weighted by molar-refractivity contribution is -0.146. The monoisotopic (exact) mass is 932 g/mol. The SMILES string of the molecule is CC=NN(C(=S)N1CCC(C(=O)O)CC1)c1csc(-c2ccc(C(C)(C)C)cc2)c1O.CC=NN(C(=S)N1CCC(C(=O)OC)CC1)c1csc(-c2ccc(C(C)(C)C)cc2)c1O. The number of likely N-dealkylation sites (tertiary alicyclic amines) is 2. The van der Waals surface area contributed by atoms with E-state index in [1.807, 2.05) is 51.7 Å². The largest absolute Gasteiger partial charge is 0.504 e. The number of thiophene rings is 2. The van der Waals surface area contributed by atoms with Crippen molar-refractivity contribution in [3.05, 3.63) is 70.4 Å². The summed E-state index contributed by atoms with van der Waals surface area (Å²) in [6.45, 7) is 19.0. The number of hydrogen-bond acceptors (Lipinski definition) is 11. The number of nitrogens with zero attached hydrogens (tertiary/aromatic N) is 6. The lowest BCUT2D eigenvalue weighted by atomic mass is 9.86. The molecule has 3 N–H and O–H groups in total. The summed E-state index contributed by atoms with van der Waals surface area (Å²) < 4.78 is 4.87. The Kier molecular flexibility index (Phi) is 16.5. The summed E-state index contributed by atoms with van der Waals surface area (Å²) >= 11 is 14.3. The smallest absolute Gasteiger partial charge is 0.308 e. The molecule has 2 saturated heterocycles. The summed E-state index contributed by atoms with van der Waals surface area (Å²) in [6, 6.07) is 16.5. The topological polar surface area (TPSA) is 142 Å². The summed E-state index contributed by atoms with van der Waals surface area (Å²) in [5.41, 5.74) is 5.59.